The van der Waals surface area contributed by atoms with Crippen molar-refractivity contribution in [2.24, 2.45) is 0 Å². The minimum atomic E-state index is -3.34. The molecule has 27 heavy (non-hydrogen) atoms. The van der Waals surface area contributed by atoms with Crippen LogP contribution >= 0.6 is 0 Å². The number of nitrogens with one attached hydrogen (secondary N) is 1. The molecule has 0 aliphatic heterocycles. The Labute approximate surface area is 160 Å². The summed E-state index contributed by atoms with van der Waals surface area (Å²) in [6.45, 7) is 2.75. The van der Waals surface area contributed by atoms with Crippen LogP contribution in [0.1, 0.15) is 17.3 Å². The molecule has 0 bridgehead atoms. The summed E-state index contributed by atoms with van der Waals surface area (Å²) < 4.78 is 35.4. The second kappa shape index (κ2) is 9.27. The molecule has 0 aliphatic carbocycles. The van der Waals surface area contributed by atoms with Crippen molar-refractivity contribution < 1.29 is 22.7 Å². The van der Waals surface area contributed by atoms with Gasteiger partial charge in [-0.15, -0.1) is 0 Å². The molecule has 0 heterocycles. The van der Waals surface area contributed by atoms with Gasteiger partial charge in [0.1, 0.15) is 18.1 Å². The first-order valence-electron chi connectivity index (χ1n) is 8.48. The van der Waals surface area contributed by atoms with Crippen LogP contribution in [0.25, 0.3) is 0 Å². The molecule has 0 saturated carbocycles. The van der Waals surface area contributed by atoms with Crippen LogP contribution < -0.4 is 19.1 Å². The van der Waals surface area contributed by atoms with Crippen molar-refractivity contribution in [2.45, 2.75) is 6.92 Å². The van der Waals surface area contributed by atoms with E-state index in [2.05, 4.69) is 5.32 Å². The maximum absolute atomic E-state index is 12.2. The topological polar surface area (TPSA) is 84.9 Å². The number of amides is 1. The standard InChI is InChI=1S/C19H24N2O5S/c1-4-21(27(3,23)24)16-7-5-15(6-8-16)19(22)20-13-14-26-18-11-9-17(25-2)10-12-18/h5-12H,4,13-14H2,1-3H3,(H,20,22). The Bertz CT molecular complexity index is 849. The number of carbonyl (C=O) groups excluding carboxylic acids is 1. The third-order valence-electron chi connectivity index (χ3n) is 3.82. The number of methoxy groups -OCH3 is 1. The normalized spacial score (nSPS) is 10.9. The zero-order chi connectivity index (χ0) is 19.9. The minimum absolute atomic E-state index is 0.248. The Morgan fingerprint density at radius 1 is 1.04 bits per heavy atom. The van der Waals surface area contributed by atoms with Crippen molar-refractivity contribution in [1.29, 1.82) is 0 Å². The lowest BCUT2D eigenvalue weighted by molar-refractivity contribution is 0.0947. The molecular weight excluding hydrogens is 368 g/mol. The molecule has 1 N–H and O–H groups in total. The average molecular weight is 392 g/mol. The van der Waals surface area contributed by atoms with Crippen molar-refractivity contribution in [2.75, 3.05) is 37.4 Å². The van der Waals surface area contributed by atoms with Crippen LogP contribution in [-0.4, -0.2) is 47.4 Å². The van der Waals surface area contributed by atoms with E-state index in [9.17, 15) is 13.2 Å². The van der Waals surface area contributed by atoms with Gasteiger partial charge in [-0.3, -0.25) is 9.10 Å². The monoisotopic (exact) mass is 392 g/mol. The van der Waals surface area contributed by atoms with E-state index in [1.807, 2.05) is 0 Å². The average Bonchev–Trinajstić information content (AvgIpc) is 2.65. The molecule has 0 atom stereocenters. The minimum Gasteiger partial charge on any atom is -0.497 e. The molecule has 2 aromatic rings. The number of benzene rings is 2. The first-order valence-corrected chi connectivity index (χ1v) is 10.3. The number of hydrogen-bond donors (Lipinski definition) is 1. The van der Waals surface area contributed by atoms with Crippen molar-refractivity contribution in [3.8, 4) is 11.5 Å². The molecule has 0 unspecified atom stereocenters. The van der Waals surface area contributed by atoms with Crippen LogP contribution in [0.5, 0.6) is 11.5 Å². The highest BCUT2D eigenvalue weighted by molar-refractivity contribution is 7.92. The van der Waals surface area contributed by atoms with Gasteiger partial charge in [-0.1, -0.05) is 0 Å². The fraction of sp³-hybridized carbons (Fsp3) is 0.316. The van der Waals surface area contributed by atoms with Gasteiger partial charge in [-0.2, -0.15) is 0 Å². The molecule has 0 radical (unpaired) electrons. The number of rotatable bonds is 9. The number of anilines is 1. The van der Waals surface area contributed by atoms with Gasteiger partial charge >= 0.3 is 0 Å². The van der Waals surface area contributed by atoms with Crippen LogP contribution in [0.2, 0.25) is 0 Å². The summed E-state index contributed by atoms with van der Waals surface area (Å²) in [7, 11) is -1.75. The van der Waals surface area contributed by atoms with Gasteiger partial charge in [0, 0.05) is 12.1 Å². The molecule has 0 spiro atoms. The zero-order valence-corrected chi connectivity index (χ0v) is 16.5. The van der Waals surface area contributed by atoms with Crippen molar-refractivity contribution >= 4 is 21.6 Å². The van der Waals surface area contributed by atoms with E-state index in [0.29, 0.717) is 36.7 Å². The van der Waals surface area contributed by atoms with Crippen LogP contribution in [0.4, 0.5) is 5.69 Å². The lowest BCUT2D eigenvalue weighted by Crippen LogP contribution is -2.30. The Hall–Kier alpha value is -2.74. The van der Waals surface area contributed by atoms with Crippen LogP contribution in [0.15, 0.2) is 48.5 Å². The van der Waals surface area contributed by atoms with Gasteiger partial charge < -0.3 is 14.8 Å². The van der Waals surface area contributed by atoms with Gasteiger partial charge in [0.2, 0.25) is 10.0 Å². The smallest absolute Gasteiger partial charge is 0.251 e. The maximum atomic E-state index is 12.2. The van der Waals surface area contributed by atoms with Crippen LogP contribution in [0, 0.1) is 0 Å². The Kier molecular flexibility index (Phi) is 7.06. The highest BCUT2D eigenvalue weighted by Gasteiger charge is 2.15. The summed E-state index contributed by atoms with van der Waals surface area (Å²) >= 11 is 0. The maximum Gasteiger partial charge on any atom is 0.251 e. The molecule has 2 rings (SSSR count). The van der Waals surface area contributed by atoms with Crippen molar-refractivity contribution in [3.05, 3.63) is 54.1 Å². The molecule has 0 aliphatic rings. The molecule has 7 nitrogen and oxygen atoms in total. The summed E-state index contributed by atoms with van der Waals surface area (Å²) in [5.74, 6) is 1.19. The molecule has 8 heteroatoms. The molecule has 0 fully saturated rings. The number of ether oxygens (including phenoxy) is 2. The quantitative estimate of drug-likeness (QED) is 0.662. The van der Waals surface area contributed by atoms with E-state index in [4.69, 9.17) is 9.47 Å². The van der Waals surface area contributed by atoms with E-state index in [1.54, 1.807) is 62.6 Å². The van der Waals surface area contributed by atoms with Gasteiger partial charge in [0.15, 0.2) is 0 Å². The van der Waals surface area contributed by atoms with Crippen LogP contribution in [0.3, 0.4) is 0 Å². The Morgan fingerprint density at radius 3 is 2.15 bits per heavy atom. The highest BCUT2D eigenvalue weighted by atomic mass is 32.2. The second-order valence-electron chi connectivity index (χ2n) is 5.75. The molecular formula is C19H24N2O5S. The van der Waals surface area contributed by atoms with E-state index >= 15 is 0 Å². The second-order valence-corrected chi connectivity index (χ2v) is 7.66. The Morgan fingerprint density at radius 2 is 1.63 bits per heavy atom. The van der Waals surface area contributed by atoms with E-state index < -0.39 is 10.0 Å². The summed E-state index contributed by atoms with van der Waals surface area (Å²) in [4.78, 5) is 12.2. The molecule has 0 aromatic heterocycles. The van der Waals surface area contributed by atoms with E-state index in [1.165, 1.54) is 4.31 Å². The number of hydrogen-bond acceptors (Lipinski definition) is 5. The largest absolute Gasteiger partial charge is 0.497 e. The van der Waals surface area contributed by atoms with Gasteiger partial charge in [-0.05, 0) is 55.5 Å². The first-order chi connectivity index (χ1) is 12.8. The van der Waals surface area contributed by atoms with Gasteiger partial charge in [0.05, 0.1) is 25.6 Å². The fourth-order valence-electron chi connectivity index (χ4n) is 2.50. The van der Waals surface area contributed by atoms with E-state index in [0.717, 1.165) is 12.0 Å². The molecule has 146 valence electrons. The zero-order valence-electron chi connectivity index (χ0n) is 15.6. The number of carbonyl (C=O) groups is 1. The first kappa shape index (κ1) is 20.6. The molecule has 1 amide bonds. The van der Waals surface area contributed by atoms with Crippen LogP contribution in [-0.2, 0) is 10.0 Å². The summed E-state index contributed by atoms with van der Waals surface area (Å²) in [5, 5.41) is 2.76. The summed E-state index contributed by atoms with van der Waals surface area (Å²) in [6.07, 6.45) is 1.15. The van der Waals surface area contributed by atoms with Gasteiger partial charge in [0.25, 0.3) is 5.91 Å². The third kappa shape index (κ3) is 5.89. The lowest BCUT2D eigenvalue weighted by Gasteiger charge is -2.20. The SMILES string of the molecule is CCN(c1ccc(C(=O)NCCOc2ccc(OC)cc2)cc1)S(C)(=O)=O. The predicted octanol–water partition coefficient (Wildman–Crippen LogP) is 2.29. The predicted molar refractivity (Wildman–Crippen MR) is 105 cm³/mol. The molecule has 0 saturated heterocycles. The Balaban J connectivity index is 1.85. The van der Waals surface area contributed by atoms with Gasteiger partial charge in [-0.25, -0.2) is 8.42 Å². The number of nitrogens with zero attached hydrogens (tertiary/aromatic N) is 1. The summed E-state index contributed by atoms with van der Waals surface area (Å²) in [6, 6.07) is 13.6. The third-order valence-corrected chi connectivity index (χ3v) is 5.09. The summed E-state index contributed by atoms with van der Waals surface area (Å²) in [5.41, 5.74) is 0.979. The lowest BCUT2D eigenvalue weighted by atomic mass is 10.2. The number of sulfonamides is 1. The van der Waals surface area contributed by atoms with E-state index in [-0.39, 0.29) is 5.91 Å². The van der Waals surface area contributed by atoms with Crippen molar-refractivity contribution in [3.63, 3.8) is 0 Å². The fourth-order valence-corrected chi connectivity index (χ4v) is 3.47. The highest BCUT2D eigenvalue weighted by Crippen LogP contribution is 2.18. The van der Waals surface area contributed by atoms with Crippen molar-refractivity contribution in [1.82, 2.24) is 5.32 Å². The molecule has 2 aromatic carbocycles.